The van der Waals surface area contributed by atoms with Gasteiger partial charge in [0.2, 0.25) is 0 Å². The van der Waals surface area contributed by atoms with Crippen molar-refractivity contribution in [3.05, 3.63) is 0 Å². The van der Waals surface area contributed by atoms with Crippen LogP contribution < -0.4 is 5.32 Å². The van der Waals surface area contributed by atoms with Gasteiger partial charge in [0.25, 0.3) is 0 Å². The second-order valence-corrected chi connectivity index (χ2v) is 5.89. The van der Waals surface area contributed by atoms with Crippen LogP contribution in [0.1, 0.15) is 38.5 Å². The molecular weight excluding hydrogens is 269 g/mol. The smallest absolute Gasteiger partial charge is 0.372 e. The van der Waals surface area contributed by atoms with E-state index in [9.17, 15) is 13.2 Å². The summed E-state index contributed by atoms with van der Waals surface area (Å²) in [5.41, 5.74) is 0. The summed E-state index contributed by atoms with van der Waals surface area (Å²) < 4.78 is 40.5. The molecule has 20 heavy (non-hydrogen) atoms. The van der Waals surface area contributed by atoms with Gasteiger partial charge >= 0.3 is 6.18 Å². The molecule has 2 fully saturated rings. The van der Waals surface area contributed by atoms with Gasteiger partial charge in [-0.3, -0.25) is 4.90 Å². The zero-order chi connectivity index (χ0) is 14.4. The molecule has 6 heteroatoms. The van der Waals surface area contributed by atoms with Gasteiger partial charge in [-0.1, -0.05) is 6.42 Å². The van der Waals surface area contributed by atoms with Crippen LogP contribution in [0.3, 0.4) is 0 Å². The molecule has 118 valence electrons. The molecule has 1 aliphatic heterocycles. The van der Waals surface area contributed by atoms with Gasteiger partial charge < -0.3 is 10.1 Å². The molecule has 0 aromatic rings. The van der Waals surface area contributed by atoms with Crippen LogP contribution in [0.25, 0.3) is 0 Å². The van der Waals surface area contributed by atoms with Gasteiger partial charge in [0.15, 0.2) is 0 Å². The minimum atomic E-state index is -4.21. The molecule has 0 spiro atoms. The van der Waals surface area contributed by atoms with Crippen LogP contribution in [0.15, 0.2) is 0 Å². The summed E-state index contributed by atoms with van der Waals surface area (Å²) >= 11 is 0. The second-order valence-electron chi connectivity index (χ2n) is 5.89. The molecule has 1 heterocycles. The quantitative estimate of drug-likeness (QED) is 0.696. The van der Waals surface area contributed by atoms with Crippen LogP contribution in [0.4, 0.5) is 13.2 Å². The lowest BCUT2D eigenvalue weighted by Gasteiger charge is -2.30. The first-order valence-electron chi connectivity index (χ1n) is 7.66. The minimum absolute atomic E-state index is 0.195. The van der Waals surface area contributed by atoms with E-state index in [1.54, 1.807) is 0 Å². The van der Waals surface area contributed by atoms with E-state index >= 15 is 0 Å². The molecule has 1 atom stereocenters. The Kier molecular flexibility index (Phi) is 6.11. The Hall–Kier alpha value is -0.330. The largest absolute Gasteiger partial charge is 0.411 e. The van der Waals surface area contributed by atoms with E-state index < -0.39 is 12.8 Å². The van der Waals surface area contributed by atoms with Crippen LogP contribution in [0, 0.1) is 0 Å². The van der Waals surface area contributed by atoms with Gasteiger partial charge in [-0.15, -0.1) is 0 Å². The third-order valence-electron chi connectivity index (χ3n) is 3.93. The van der Waals surface area contributed by atoms with Gasteiger partial charge in [-0.2, -0.15) is 13.2 Å². The summed E-state index contributed by atoms with van der Waals surface area (Å²) in [7, 11) is 0. The first-order chi connectivity index (χ1) is 9.54. The fourth-order valence-electron chi connectivity index (χ4n) is 2.78. The van der Waals surface area contributed by atoms with Crippen molar-refractivity contribution >= 4 is 0 Å². The Morgan fingerprint density at radius 3 is 2.55 bits per heavy atom. The summed E-state index contributed by atoms with van der Waals surface area (Å²) in [5, 5.41) is 3.53. The zero-order valence-corrected chi connectivity index (χ0v) is 11.9. The number of piperidine rings is 1. The summed E-state index contributed by atoms with van der Waals surface area (Å²) in [6.45, 7) is 2.05. The van der Waals surface area contributed by atoms with E-state index in [1.165, 1.54) is 32.1 Å². The fourth-order valence-corrected chi connectivity index (χ4v) is 2.78. The second kappa shape index (κ2) is 7.61. The maximum atomic E-state index is 11.9. The molecule has 1 saturated carbocycles. The number of hydrogen-bond donors (Lipinski definition) is 1. The summed E-state index contributed by atoms with van der Waals surface area (Å²) in [6, 6.07) is 1.21. The molecule has 0 radical (unpaired) electrons. The Bertz CT molecular complexity index is 276. The van der Waals surface area contributed by atoms with Crippen LogP contribution >= 0.6 is 0 Å². The van der Waals surface area contributed by atoms with Crippen molar-refractivity contribution in [3.63, 3.8) is 0 Å². The van der Waals surface area contributed by atoms with E-state index in [4.69, 9.17) is 0 Å². The number of halogens is 3. The lowest BCUT2D eigenvalue weighted by Crippen LogP contribution is -2.44. The third-order valence-corrected chi connectivity index (χ3v) is 3.93. The predicted molar refractivity (Wildman–Crippen MR) is 71.7 cm³/mol. The van der Waals surface area contributed by atoms with E-state index in [1.807, 2.05) is 0 Å². The molecule has 1 aliphatic carbocycles. The average molecular weight is 294 g/mol. The highest BCUT2D eigenvalue weighted by molar-refractivity contribution is 4.87. The van der Waals surface area contributed by atoms with Gasteiger partial charge in [0, 0.05) is 31.8 Å². The molecule has 0 amide bonds. The topological polar surface area (TPSA) is 24.5 Å². The highest BCUT2D eigenvalue weighted by atomic mass is 19.4. The van der Waals surface area contributed by atoms with Crippen molar-refractivity contribution in [1.29, 1.82) is 0 Å². The van der Waals surface area contributed by atoms with Crippen LogP contribution in [-0.2, 0) is 4.74 Å². The van der Waals surface area contributed by atoms with Crippen molar-refractivity contribution in [1.82, 2.24) is 10.2 Å². The molecule has 3 nitrogen and oxygen atoms in total. The number of rotatable bonds is 8. The van der Waals surface area contributed by atoms with Gasteiger partial charge in [0.05, 0.1) is 0 Å². The highest BCUT2D eigenvalue weighted by Gasteiger charge is 2.31. The Morgan fingerprint density at radius 2 is 1.95 bits per heavy atom. The number of ether oxygens (including phenoxy) is 1. The molecule has 2 rings (SSSR count). The van der Waals surface area contributed by atoms with E-state index in [-0.39, 0.29) is 6.61 Å². The monoisotopic (exact) mass is 294 g/mol. The zero-order valence-electron chi connectivity index (χ0n) is 11.9. The molecular formula is C14H25F3N2O. The third kappa shape index (κ3) is 6.41. The molecule has 0 aromatic carbocycles. The highest BCUT2D eigenvalue weighted by Crippen LogP contribution is 2.27. The molecule has 1 saturated heterocycles. The molecule has 1 N–H and O–H groups in total. The number of nitrogens with zero attached hydrogens (tertiary/aromatic N) is 1. The standard InChI is InChI=1S/C14H25F3N2O/c15-14(16,17)11-20-9-3-8-19(13-5-6-13)10-12-4-1-2-7-18-12/h12-13,18H,1-11H2. The first-order valence-corrected chi connectivity index (χ1v) is 7.66. The van der Waals surface area contributed by atoms with Gasteiger partial charge in [-0.05, 0) is 38.6 Å². The first kappa shape index (κ1) is 16.0. The lowest BCUT2D eigenvalue weighted by molar-refractivity contribution is -0.174. The van der Waals surface area contributed by atoms with E-state index in [2.05, 4.69) is 15.0 Å². The maximum absolute atomic E-state index is 11.9. The summed E-state index contributed by atoms with van der Waals surface area (Å²) in [4.78, 5) is 2.43. The average Bonchev–Trinajstić information content (AvgIpc) is 3.21. The fraction of sp³-hybridized carbons (Fsp3) is 1.00. The van der Waals surface area contributed by atoms with Crippen molar-refractivity contribution in [2.75, 3.05) is 32.8 Å². The normalized spacial score (nSPS) is 24.3. The van der Waals surface area contributed by atoms with Crippen molar-refractivity contribution in [2.24, 2.45) is 0 Å². The van der Waals surface area contributed by atoms with Gasteiger partial charge in [0.1, 0.15) is 6.61 Å². The Balaban J connectivity index is 1.60. The molecule has 0 bridgehead atoms. The lowest BCUT2D eigenvalue weighted by atomic mass is 10.0. The van der Waals surface area contributed by atoms with Crippen molar-refractivity contribution in [3.8, 4) is 0 Å². The van der Waals surface area contributed by atoms with Gasteiger partial charge in [-0.25, -0.2) is 0 Å². The van der Waals surface area contributed by atoms with Crippen LogP contribution in [-0.4, -0.2) is 56.0 Å². The van der Waals surface area contributed by atoms with E-state index in [0.717, 1.165) is 19.6 Å². The Morgan fingerprint density at radius 1 is 1.15 bits per heavy atom. The SMILES string of the molecule is FC(F)(F)COCCCN(CC1CCCCN1)C1CC1. The number of alkyl halides is 3. The van der Waals surface area contributed by atoms with Crippen molar-refractivity contribution in [2.45, 2.75) is 56.8 Å². The van der Waals surface area contributed by atoms with Crippen molar-refractivity contribution < 1.29 is 17.9 Å². The molecule has 2 aliphatic rings. The Labute approximate surface area is 118 Å². The predicted octanol–water partition coefficient (Wildman–Crippen LogP) is 2.56. The summed E-state index contributed by atoms with van der Waals surface area (Å²) in [6.07, 6.45) is 2.69. The molecule has 1 unspecified atom stereocenters. The number of hydrogen-bond acceptors (Lipinski definition) is 3. The maximum Gasteiger partial charge on any atom is 0.411 e. The van der Waals surface area contributed by atoms with Crippen LogP contribution in [0.5, 0.6) is 0 Å². The summed E-state index contributed by atoms with van der Waals surface area (Å²) in [5.74, 6) is 0. The minimum Gasteiger partial charge on any atom is -0.372 e. The van der Waals surface area contributed by atoms with E-state index in [0.29, 0.717) is 18.5 Å². The number of nitrogens with one attached hydrogen (secondary N) is 1. The molecule has 0 aromatic heterocycles. The van der Waals surface area contributed by atoms with Crippen LogP contribution in [0.2, 0.25) is 0 Å².